The average molecular weight is 425 g/mol. The molecular formula is C22H24FN5O3. The SMILES string of the molecule is Cc1ccc(-c2noc(C)c2Cn2ncc(N3CC4(CC(F)CCO4)C3)cc2=O)cn1. The molecule has 1 atom stereocenters. The van der Waals surface area contributed by atoms with Gasteiger partial charge in [-0.15, -0.1) is 0 Å². The minimum atomic E-state index is -0.813. The van der Waals surface area contributed by atoms with Gasteiger partial charge in [-0.05, 0) is 26.0 Å². The summed E-state index contributed by atoms with van der Waals surface area (Å²) in [4.78, 5) is 19.1. The fraction of sp³-hybridized carbons (Fsp3) is 0.455. The molecule has 8 nitrogen and oxygen atoms in total. The highest BCUT2D eigenvalue weighted by Gasteiger charge is 2.48. The van der Waals surface area contributed by atoms with Gasteiger partial charge in [-0.25, -0.2) is 9.07 Å². The molecular weight excluding hydrogens is 401 g/mol. The molecule has 3 aromatic rings. The van der Waals surface area contributed by atoms with Gasteiger partial charge in [0.05, 0.1) is 25.0 Å². The molecule has 0 aliphatic carbocycles. The van der Waals surface area contributed by atoms with Crippen molar-refractivity contribution < 1.29 is 13.7 Å². The van der Waals surface area contributed by atoms with E-state index < -0.39 is 11.8 Å². The molecule has 0 bridgehead atoms. The van der Waals surface area contributed by atoms with E-state index in [4.69, 9.17) is 9.26 Å². The molecule has 3 aromatic heterocycles. The van der Waals surface area contributed by atoms with Gasteiger partial charge in [0.1, 0.15) is 23.2 Å². The summed E-state index contributed by atoms with van der Waals surface area (Å²) in [6, 6.07) is 5.40. The van der Waals surface area contributed by atoms with Crippen LogP contribution in [0.15, 0.2) is 39.9 Å². The number of nitrogens with zero attached hydrogens (tertiary/aromatic N) is 5. The van der Waals surface area contributed by atoms with Gasteiger partial charge in [-0.1, -0.05) is 5.16 Å². The summed E-state index contributed by atoms with van der Waals surface area (Å²) in [5, 5.41) is 8.51. The number of hydrogen-bond acceptors (Lipinski definition) is 7. The summed E-state index contributed by atoms with van der Waals surface area (Å²) in [6.07, 6.45) is 3.47. The lowest BCUT2D eigenvalue weighted by Crippen LogP contribution is -2.66. The van der Waals surface area contributed by atoms with Crippen molar-refractivity contribution in [2.45, 2.75) is 45.0 Å². The molecule has 0 saturated carbocycles. The number of anilines is 1. The van der Waals surface area contributed by atoms with Crippen LogP contribution in [-0.4, -0.2) is 51.4 Å². The molecule has 0 radical (unpaired) electrons. The molecule has 31 heavy (non-hydrogen) atoms. The van der Waals surface area contributed by atoms with Crippen molar-refractivity contribution in [2.75, 3.05) is 24.6 Å². The number of rotatable bonds is 4. The van der Waals surface area contributed by atoms with E-state index in [1.54, 1.807) is 18.5 Å². The number of hydrogen-bond donors (Lipinski definition) is 0. The van der Waals surface area contributed by atoms with Gasteiger partial charge in [0.2, 0.25) is 0 Å². The number of halogens is 1. The lowest BCUT2D eigenvalue weighted by Gasteiger charge is -2.53. The first-order valence-electron chi connectivity index (χ1n) is 10.4. The third kappa shape index (κ3) is 3.74. The fourth-order valence-corrected chi connectivity index (χ4v) is 4.30. The van der Waals surface area contributed by atoms with Crippen molar-refractivity contribution >= 4 is 5.69 Å². The minimum Gasteiger partial charge on any atom is -0.371 e. The molecule has 2 aliphatic rings. The van der Waals surface area contributed by atoms with Gasteiger partial charge in [-0.3, -0.25) is 9.78 Å². The molecule has 162 valence electrons. The minimum absolute atomic E-state index is 0.222. The van der Waals surface area contributed by atoms with Gasteiger partial charge < -0.3 is 14.2 Å². The van der Waals surface area contributed by atoms with Gasteiger partial charge in [0.15, 0.2) is 0 Å². The first kappa shape index (κ1) is 19.9. The van der Waals surface area contributed by atoms with Crippen LogP contribution in [0, 0.1) is 13.8 Å². The quantitative estimate of drug-likeness (QED) is 0.635. The molecule has 1 unspecified atom stereocenters. The molecule has 2 saturated heterocycles. The fourth-order valence-electron chi connectivity index (χ4n) is 4.30. The van der Waals surface area contributed by atoms with Crippen LogP contribution in [0.25, 0.3) is 11.3 Å². The Bertz CT molecular complexity index is 1150. The maximum absolute atomic E-state index is 13.8. The van der Waals surface area contributed by atoms with Crippen molar-refractivity contribution in [2.24, 2.45) is 0 Å². The van der Waals surface area contributed by atoms with Gasteiger partial charge in [0.25, 0.3) is 5.56 Å². The zero-order valence-electron chi connectivity index (χ0n) is 17.5. The Morgan fingerprint density at radius 3 is 2.81 bits per heavy atom. The summed E-state index contributed by atoms with van der Waals surface area (Å²) < 4.78 is 26.3. The summed E-state index contributed by atoms with van der Waals surface area (Å²) in [6.45, 7) is 5.58. The lowest BCUT2D eigenvalue weighted by atomic mass is 9.85. The topological polar surface area (TPSA) is 86.3 Å². The van der Waals surface area contributed by atoms with Crippen LogP contribution < -0.4 is 10.5 Å². The molecule has 2 aliphatic heterocycles. The highest BCUT2D eigenvalue weighted by atomic mass is 19.1. The largest absolute Gasteiger partial charge is 0.371 e. The average Bonchev–Trinajstić information content (AvgIpc) is 3.08. The first-order chi connectivity index (χ1) is 14.9. The highest BCUT2D eigenvalue weighted by Crippen LogP contribution is 2.37. The van der Waals surface area contributed by atoms with E-state index in [1.807, 2.05) is 30.9 Å². The third-order valence-electron chi connectivity index (χ3n) is 6.09. The first-order valence-corrected chi connectivity index (χ1v) is 10.4. The zero-order chi connectivity index (χ0) is 21.6. The molecule has 5 rings (SSSR count). The summed E-state index contributed by atoms with van der Waals surface area (Å²) in [5.74, 6) is 0.633. The Balaban J connectivity index is 1.34. The summed E-state index contributed by atoms with van der Waals surface area (Å²) in [7, 11) is 0. The van der Waals surface area contributed by atoms with Gasteiger partial charge in [0, 0.05) is 55.0 Å². The van der Waals surface area contributed by atoms with E-state index in [9.17, 15) is 9.18 Å². The molecule has 0 aromatic carbocycles. The number of pyridine rings is 1. The Labute approximate surface area is 178 Å². The van der Waals surface area contributed by atoms with Crippen LogP contribution >= 0.6 is 0 Å². The van der Waals surface area contributed by atoms with Crippen LogP contribution in [0.4, 0.5) is 10.1 Å². The second-order valence-electron chi connectivity index (χ2n) is 8.44. The number of aryl methyl sites for hydroxylation is 2. The summed E-state index contributed by atoms with van der Waals surface area (Å²) >= 11 is 0. The van der Waals surface area contributed by atoms with Crippen LogP contribution in [0.5, 0.6) is 0 Å². The van der Waals surface area contributed by atoms with E-state index >= 15 is 0 Å². The van der Waals surface area contributed by atoms with E-state index in [-0.39, 0.29) is 12.1 Å². The Hall–Kier alpha value is -3.07. The van der Waals surface area contributed by atoms with Gasteiger partial charge >= 0.3 is 0 Å². The van der Waals surface area contributed by atoms with E-state index in [1.165, 1.54) is 4.68 Å². The van der Waals surface area contributed by atoms with Crippen LogP contribution in [0.2, 0.25) is 0 Å². The number of aromatic nitrogens is 4. The third-order valence-corrected chi connectivity index (χ3v) is 6.09. The van der Waals surface area contributed by atoms with Crippen molar-refractivity contribution in [1.29, 1.82) is 0 Å². The van der Waals surface area contributed by atoms with Crippen molar-refractivity contribution in [3.05, 3.63) is 58.0 Å². The van der Waals surface area contributed by atoms with Gasteiger partial charge in [-0.2, -0.15) is 5.10 Å². The Morgan fingerprint density at radius 1 is 1.26 bits per heavy atom. The zero-order valence-corrected chi connectivity index (χ0v) is 17.5. The molecule has 9 heteroatoms. The number of ether oxygens (including phenoxy) is 1. The van der Waals surface area contributed by atoms with Crippen LogP contribution in [0.3, 0.4) is 0 Å². The van der Waals surface area contributed by atoms with E-state index in [2.05, 4.69) is 15.2 Å². The molecule has 0 amide bonds. The van der Waals surface area contributed by atoms with Crippen molar-refractivity contribution in [3.63, 3.8) is 0 Å². The normalized spacial score (nSPS) is 20.1. The predicted molar refractivity (Wildman–Crippen MR) is 112 cm³/mol. The summed E-state index contributed by atoms with van der Waals surface area (Å²) in [5.41, 5.74) is 3.26. The lowest BCUT2D eigenvalue weighted by molar-refractivity contribution is -0.117. The highest BCUT2D eigenvalue weighted by molar-refractivity contribution is 5.62. The molecule has 2 fully saturated rings. The maximum Gasteiger partial charge on any atom is 0.269 e. The second-order valence-corrected chi connectivity index (χ2v) is 8.44. The van der Waals surface area contributed by atoms with Crippen molar-refractivity contribution in [1.82, 2.24) is 19.9 Å². The maximum atomic E-state index is 13.8. The van der Waals surface area contributed by atoms with E-state index in [0.717, 1.165) is 22.5 Å². The van der Waals surface area contributed by atoms with Crippen molar-refractivity contribution in [3.8, 4) is 11.3 Å². The van der Waals surface area contributed by atoms with Crippen LogP contribution in [-0.2, 0) is 11.3 Å². The second kappa shape index (κ2) is 7.56. The predicted octanol–water partition coefficient (Wildman–Crippen LogP) is 2.67. The number of alkyl halides is 1. The smallest absolute Gasteiger partial charge is 0.269 e. The van der Waals surface area contributed by atoms with Crippen LogP contribution in [0.1, 0.15) is 29.9 Å². The standard InChI is InChI=1S/C22H24FN5O3/c1-14-3-4-16(9-24-14)21-19(15(2)31-26-21)11-28-20(29)7-18(10-25-28)27-12-22(13-27)8-17(23)5-6-30-22/h3-4,7,9-10,17H,5-6,8,11-13H2,1-2H3. The molecule has 5 heterocycles. The monoisotopic (exact) mass is 425 g/mol. The Morgan fingerprint density at radius 2 is 2.10 bits per heavy atom. The Kier molecular flexibility index (Phi) is 4.85. The van der Waals surface area contributed by atoms with E-state index in [0.29, 0.717) is 44.0 Å². The molecule has 0 N–H and O–H groups in total. The molecule has 1 spiro atoms.